The molecule has 4 nitrogen and oxygen atoms in total. The van der Waals surface area contributed by atoms with Crippen LogP contribution in [0.4, 0.5) is 0 Å². The van der Waals surface area contributed by atoms with Gasteiger partial charge in [-0.2, -0.15) is 0 Å². The Kier molecular flexibility index (Phi) is 4.42. The monoisotopic (exact) mass is 268 g/mol. The van der Waals surface area contributed by atoms with Crippen LogP contribution in [0.3, 0.4) is 0 Å². The molecule has 3 fully saturated rings. The van der Waals surface area contributed by atoms with Crippen LogP contribution in [0, 0.1) is 5.92 Å². The van der Waals surface area contributed by atoms with Crippen LogP contribution in [-0.2, 0) is 4.74 Å². The molecule has 1 aliphatic heterocycles. The molecule has 1 heterocycles. The Bertz CT molecular complexity index is 286. The summed E-state index contributed by atoms with van der Waals surface area (Å²) in [5, 5.41) is 10.4. The topological polar surface area (TPSA) is 35.9 Å². The summed E-state index contributed by atoms with van der Waals surface area (Å²) in [6.45, 7) is 7.60. The largest absolute Gasteiger partial charge is 0.390 e. The van der Waals surface area contributed by atoms with Gasteiger partial charge in [-0.15, -0.1) is 0 Å². The molecule has 0 unspecified atom stereocenters. The van der Waals surface area contributed by atoms with Gasteiger partial charge in [-0.1, -0.05) is 0 Å². The molecule has 2 saturated carbocycles. The molecule has 110 valence electrons. The number of aliphatic hydroxyl groups is 1. The van der Waals surface area contributed by atoms with Crippen molar-refractivity contribution in [3.05, 3.63) is 0 Å². The average molecular weight is 268 g/mol. The molecule has 3 aliphatic rings. The van der Waals surface area contributed by atoms with Crippen LogP contribution in [0.1, 0.15) is 32.6 Å². The van der Waals surface area contributed by atoms with Crippen molar-refractivity contribution in [2.75, 3.05) is 39.4 Å². The quantitative estimate of drug-likeness (QED) is 0.745. The van der Waals surface area contributed by atoms with Gasteiger partial charge < -0.3 is 9.84 Å². The van der Waals surface area contributed by atoms with E-state index in [-0.39, 0.29) is 6.10 Å². The number of β-amino-alcohol motifs (C(OH)–C–C–N with tert-alkyl or cyclic N) is 1. The van der Waals surface area contributed by atoms with Gasteiger partial charge in [0.2, 0.25) is 0 Å². The number of hydrogen-bond donors (Lipinski definition) is 1. The van der Waals surface area contributed by atoms with E-state index in [0.29, 0.717) is 6.04 Å². The molecule has 0 spiro atoms. The minimum atomic E-state index is -0.208. The lowest BCUT2D eigenvalue weighted by Crippen LogP contribution is -2.47. The number of nitrogens with zero attached hydrogens (tertiary/aromatic N) is 2. The van der Waals surface area contributed by atoms with Crippen molar-refractivity contribution in [1.29, 1.82) is 0 Å². The summed E-state index contributed by atoms with van der Waals surface area (Å²) in [5.41, 5.74) is 0. The molecule has 2 aliphatic carbocycles. The fraction of sp³-hybridized carbons (Fsp3) is 1.00. The van der Waals surface area contributed by atoms with Gasteiger partial charge in [0.15, 0.2) is 0 Å². The number of hydrogen-bond acceptors (Lipinski definition) is 4. The molecule has 0 aromatic rings. The first-order valence-electron chi connectivity index (χ1n) is 7.98. The van der Waals surface area contributed by atoms with Crippen LogP contribution in [0.15, 0.2) is 0 Å². The van der Waals surface area contributed by atoms with Gasteiger partial charge in [-0.25, -0.2) is 0 Å². The Balaban J connectivity index is 1.46. The maximum Gasteiger partial charge on any atom is 0.0794 e. The van der Waals surface area contributed by atoms with Crippen LogP contribution < -0.4 is 0 Å². The predicted octanol–water partition coefficient (Wildman–Crippen LogP) is 0.942. The van der Waals surface area contributed by atoms with Gasteiger partial charge in [0.05, 0.1) is 19.3 Å². The molecule has 0 radical (unpaired) electrons. The van der Waals surface area contributed by atoms with Crippen LogP contribution in [0.2, 0.25) is 0 Å². The van der Waals surface area contributed by atoms with E-state index < -0.39 is 0 Å². The zero-order chi connectivity index (χ0) is 13.2. The van der Waals surface area contributed by atoms with Gasteiger partial charge in [0.25, 0.3) is 0 Å². The van der Waals surface area contributed by atoms with E-state index in [4.69, 9.17) is 4.74 Å². The molecular weight excluding hydrogens is 240 g/mol. The van der Waals surface area contributed by atoms with Crippen molar-refractivity contribution in [3.63, 3.8) is 0 Å². The zero-order valence-corrected chi connectivity index (χ0v) is 12.1. The van der Waals surface area contributed by atoms with Crippen LogP contribution in [-0.4, -0.2) is 72.5 Å². The van der Waals surface area contributed by atoms with E-state index in [0.717, 1.165) is 51.4 Å². The van der Waals surface area contributed by atoms with Gasteiger partial charge in [-0.05, 0) is 38.5 Å². The first-order valence-corrected chi connectivity index (χ1v) is 7.98. The molecule has 4 heteroatoms. The Labute approximate surface area is 116 Å². The highest BCUT2D eigenvalue weighted by Crippen LogP contribution is 2.39. The maximum absolute atomic E-state index is 10.4. The molecule has 3 rings (SSSR count). The second-order valence-electron chi connectivity index (χ2n) is 6.57. The van der Waals surface area contributed by atoms with Crippen molar-refractivity contribution in [2.45, 2.75) is 50.8 Å². The summed E-state index contributed by atoms with van der Waals surface area (Å²) in [4.78, 5) is 4.92. The first-order chi connectivity index (χ1) is 9.24. The molecule has 0 amide bonds. The summed E-state index contributed by atoms with van der Waals surface area (Å²) in [6, 6.07) is 1.43. The van der Waals surface area contributed by atoms with Crippen LogP contribution in [0.5, 0.6) is 0 Å². The summed E-state index contributed by atoms with van der Waals surface area (Å²) in [5.74, 6) is 0.899. The summed E-state index contributed by atoms with van der Waals surface area (Å²) < 4.78 is 5.35. The van der Waals surface area contributed by atoms with Crippen molar-refractivity contribution >= 4 is 0 Å². The third kappa shape index (κ3) is 3.91. The van der Waals surface area contributed by atoms with E-state index >= 15 is 0 Å². The van der Waals surface area contributed by atoms with Crippen LogP contribution in [0.25, 0.3) is 0 Å². The molecule has 1 N–H and O–H groups in total. The average Bonchev–Trinajstić information content (AvgIpc) is 3.30. The molecule has 0 aromatic carbocycles. The number of aliphatic hydroxyl groups excluding tert-OH is 1. The molecule has 0 bridgehead atoms. The fourth-order valence-corrected chi connectivity index (χ4v) is 3.29. The summed E-state index contributed by atoms with van der Waals surface area (Å²) in [6.07, 6.45) is 5.25. The highest BCUT2D eigenvalue weighted by Gasteiger charge is 2.39. The second-order valence-corrected chi connectivity index (χ2v) is 6.57. The highest BCUT2D eigenvalue weighted by atomic mass is 16.5. The lowest BCUT2D eigenvalue weighted by atomic mass is 10.1. The Morgan fingerprint density at radius 1 is 1.21 bits per heavy atom. The Morgan fingerprint density at radius 2 is 1.89 bits per heavy atom. The lowest BCUT2D eigenvalue weighted by Gasteiger charge is -2.34. The SMILES string of the molecule is C[C@@H](C1CC1)N(C[C@H](O)CN1CCOCC1)C1CC1. The van der Waals surface area contributed by atoms with Crippen molar-refractivity contribution in [1.82, 2.24) is 9.80 Å². The molecule has 2 atom stereocenters. The van der Waals surface area contributed by atoms with Gasteiger partial charge in [-0.3, -0.25) is 9.80 Å². The lowest BCUT2D eigenvalue weighted by molar-refractivity contribution is 0.00157. The van der Waals surface area contributed by atoms with Gasteiger partial charge >= 0.3 is 0 Å². The normalized spacial score (nSPS) is 28.6. The number of rotatable bonds is 7. The van der Waals surface area contributed by atoms with Crippen molar-refractivity contribution in [3.8, 4) is 0 Å². The molecule has 0 aromatic heterocycles. The molecule has 19 heavy (non-hydrogen) atoms. The minimum Gasteiger partial charge on any atom is -0.390 e. The van der Waals surface area contributed by atoms with Gasteiger partial charge in [0, 0.05) is 38.3 Å². The van der Waals surface area contributed by atoms with E-state index in [1.807, 2.05) is 0 Å². The van der Waals surface area contributed by atoms with Crippen molar-refractivity contribution in [2.24, 2.45) is 5.92 Å². The molecular formula is C15H28N2O2. The summed E-state index contributed by atoms with van der Waals surface area (Å²) in [7, 11) is 0. The zero-order valence-electron chi connectivity index (χ0n) is 12.1. The predicted molar refractivity (Wildman–Crippen MR) is 75.2 cm³/mol. The third-order valence-electron chi connectivity index (χ3n) is 4.84. The van der Waals surface area contributed by atoms with Crippen LogP contribution >= 0.6 is 0 Å². The number of morpholine rings is 1. The molecule has 1 saturated heterocycles. The highest BCUT2D eigenvalue weighted by molar-refractivity contribution is 4.94. The first kappa shape index (κ1) is 13.8. The minimum absolute atomic E-state index is 0.208. The third-order valence-corrected chi connectivity index (χ3v) is 4.84. The second kappa shape index (κ2) is 6.08. The van der Waals surface area contributed by atoms with E-state index in [2.05, 4.69) is 16.7 Å². The standard InChI is InChI=1S/C15H28N2O2/c1-12(13-2-3-13)17(14-4-5-14)11-15(18)10-16-6-8-19-9-7-16/h12-15,18H,2-11H2,1H3/t12-,15+/m0/s1. The fourth-order valence-electron chi connectivity index (χ4n) is 3.29. The summed E-state index contributed by atoms with van der Waals surface area (Å²) >= 11 is 0. The smallest absolute Gasteiger partial charge is 0.0794 e. The van der Waals surface area contributed by atoms with Gasteiger partial charge in [0.1, 0.15) is 0 Å². The number of ether oxygens (including phenoxy) is 1. The maximum atomic E-state index is 10.4. The van der Waals surface area contributed by atoms with E-state index in [1.165, 1.54) is 25.7 Å². The van der Waals surface area contributed by atoms with Crippen molar-refractivity contribution < 1.29 is 9.84 Å². The van der Waals surface area contributed by atoms with E-state index in [1.54, 1.807) is 0 Å². The Hall–Kier alpha value is -0.160. The van der Waals surface area contributed by atoms with E-state index in [9.17, 15) is 5.11 Å². The Morgan fingerprint density at radius 3 is 2.47 bits per heavy atom.